The highest BCUT2D eigenvalue weighted by atomic mass is 32.1. The molecule has 3 aromatic rings. The third-order valence-electron chi connectivity index (χ3n) is 4.11. The average Bonchev–Trinajstić information content (AvgIpc) is 3.09. The molecule has 0 spiro atoms. The molecule has 1 aromatic heterocycles. The topological polar surface area (TPSA) is 29.5 Å². The molecule has 0 aliphatic rings. The van der Waals surface area contributed by atoms with Gasteiger partial charge in [-0.05, 0) is 48.0 Å². The molecular weight excluding hydrogens is 418 g/mol. The Kier molecular flexibility index (Phi) is 5.90. The molecule has 0 radical (unpaired) electrons. The van der Waals surface area contributed by atoms with Gasteiger partial charge in [0, 0.05) is 15.3 Å². The number of aliphatic hydroxyl groups is 1. The van der Waals surface area contributed by atoms with Gasteiger partial charge >= 0.3 is 12.4 Å². The summed E-state index contributed by atoms with van der Waals surface area (Å²) in [4.78, 5) is 1.21. The van der Waals surface area contributed by atoms with Crippen molar-refractivity contribution >= 4 is 11.3 Å². The highest BCUT2D eigenvalue weighted by molar-refractivity contribution is 7.15. The number of thiophene rings is 1. The van der Waals surface area contributed by atoms with Gasteiger partial charge in [-0.3, -0.25) is 0 Å². The summed E-state index contributed by atoms with van der Waals surface area (Å²) < 4.78 is 81.3. The maximum absolute atomic E-state index is 12.7. The molecule has 154 valence electrons. The quantitative estimate of drug-likeness (QED) is 0.465. The molecule has 2 nitrogen and oxygen atoms in total. The number of benzene rings is 2. The fraction of sp³-hybridized carbons (Fsp3) is 0.200. The van der Waals surface area contributed by atoms with Crippen molar-refractivity contribution in [3.63, 3.8) is 0 Å². The molecule has 0 saturated heterocycles. The van der Waals surface area contributed by atoms with Gasteiger partial charge in [0.15, 0.2) is 0 Å². The third kappa shape index (κ3) is 5.10. The Morgan fingerprint density at radius 3 is 1.79 bits per heavy atom. The normalized spacial score (nSPS) is 12.2. The first-order valence-electron chi connectivity index (χ1n) is 8.28. The van der Waals surface area contributed by atoms with E-state index in [-0.39, 0.29) is 19.0 Å². The molecule has 29 heavy (non-hydrogen) atoms. The SMILES string of the molecule is OCc1sc(-c2ccc(C(F)(F)F)cc2)cc1COc1ccc(C(F)(F)F)cc1. The molecule has 1 heterocycles. The van der Waals surface area contributed by atoms with E-state index >= 15 is 0 Å². The molecule has 0 amide bonds. The van der Waals surface area contributed by atoms with Crippen LogP contribution in [0.5, 0.6) is 5.75 Å². The van der Waals surface area contributed by atoms with Gasteiger partial charge in [0.05, 0.1) is 17.7 Å². The minimum absolute atomic E-state index is 0.00159. The highest BCUT2D eigenvalue weighted by Gasteiger charge is 2.30. The van der Waals surface area contributed by atoms with Gasteiger partial charge in [-0.25, -0.2) is 0 Å². The summed E-state index contributed by atoms with van der Waals surface area (Å²) in [6.45, 7) is -0.296. The van der Waals surface area contributed by atoms with E-state index in [0.29, 0.717) is 20.9 Å². The number of halogens is 6. The van der Waals surface area contributed by atoms with Crippen LogP contribution in [0.4, 0.5) is 26.3 Å². The van der Waals surface area contributed by atoms with Crippen LogP contribution < -0.4 is 4.74 Å². The number of hydrogen-bond acceptors (Lipinski definition) is 3. The summed E-state index contributed by atoms with van der Waals surface area (Å²) >= 11 is 1.21. The van der Waals surface area contributed by atoms with Crippen molar-refractivity contribution in [3.8, 4) is 16.2 Å². The molecule has 2 aromatic carbocycles. The summed E-state index contributed by atoms with van der Waals surface area (Å²) in [6.07, 6.45) is -8.86. The lowest BCUT2D eigenvalue weighted by Crippen LogP contribution is -2.04. The molecule has 1 N–H and O–H groups in total. The first kappa shape index (κ1) is 21.2. The van der Waals surface area contributed by atoms with Gasteiger partial charge in [0.25, 0.3) is 0 Å². The molecule has 0 aliphatic heterocycles. The van der Waals surface area contributed by atoms with Gasteiger partial charge < -0.3 is 9.84 Å². The Morgan fingerprint density at radius 1 is 0.793 bits per heavy atom. The highest BCUT2D eigenvalue weighted by Crippen LogP contribution is 2.35. The number of aliphatic hydroxyl groups excluding tert-OH is 1. The zero-order valence-electron chi connectivity index (χ0n) is 14.6. The van der Waals surface area contributed by atoms with Crippen molar-refractivity contribution in [2.24, 2.45) is 0 Å². The fourth-order valence-electron chi connectivity index (χ4n) is 2.59. The first-order valence-corrected chi connectivity index (χ1v) is 9.09. The van der Waals surface area contributed by atoms with Crippen LogP contribution in [0.2, 0.25) is 0 Å². The molecular formula is C20H14F6O2S. The van der Waals surface area contributed by atoms with Crippen LogP contribution in [-0.4, -0.2) is 5.11 Å². The van der Waals surface area contributed by atoms with Gasteiger partial charge in [-0.15, -0.1) is 11.3 Å². The van der Waals surface area contributed by atoms with E-state index < -0.39 is 23.5 Å². The molecule has 9 heteroatoms. The number of alkyl halides is 6. The molecule has 0 bridgehead atoms. The second kappa shape index (κ2) is 8.08. The number of ether oxygens (including phenoxy) is 1. The smallest absolute Gasteiger partial charge is 0.416 e. The Labute approximate surface area is 166 Å². The van der Waals surface area contributed by atoms with Crippen molar-refractivity contribution in [1.82, 2.24) is 0 Å². The largest absolute Gasteiger partial charge is 0.489 e. The van der Waals surface area contributed by atoms with Gasteiger partial charge in [0.1, 0.15) is 12.4 Å². The van der Waals surface area contributed by atoms with Crippen LogP contribution in [0.1, 0.15) is 21.6 Å². The van der Waals surface area contributed by atoms with Crippen LogP contribution >= 0.6 is 11.3 Å². The predicted octanol–water partition coefficient (Wildman–Crippen LogP) is 6.52. The van der Waals surface area contributed by atoms with Crippen molar-refractivity contribution in [2.75, 3.05) is 0 Å². The Hall–Kier alpha value is -2.52. The maximum Gasteiger partial charge on any atom is 0.416 e. The first-order chi connectivity index (χ1) is 13.6. The summed E-state index contributed by atoms with van der Waals surface area (Å²) in [5.74, 6) is 0.226. The lowest BCUT2D eigenvalue weighted by Gasteiger charge is -2.09. The fourth-order valence-corrected chi connectivity index (χ4v) is 3.62. The van der Waals surface area contributed by atoms with Crippen LogP contribution in [-0.2, 0) is 25.6 Å². The van der Waals surface area contributed by atoms with E-state index in [1.54, 1.807) is 6.07 Å². The summed E-state index contributed by atoms with van der Waals surface area (Å²) in [6, 6.07) is 10.5. The Balaban J connectivity index is 1.75. The lowest BCUT2D eigenvalue weighted by atomic mass is 10.1. The van der Waals surface area contributed by atoms with E-state index in [1.165, 1.54) is 35.6 Å². The molecule has 3 rings (SSSR count). The predicted molar refractivity (Wildman–Crippen MR) is 96.5 cm³/mol. The minimum atomic E-state index is -4.44. The van der Waals surface area contributed by atoms with Crippen molar-refractivity contribution in [3.05, 3.63) is 76.2 Å². The minimum Gasteiger partial charge on any atom is -0.489 e. The van der Waals surface area contributed by atoms with E-state index in [2.05, 4.69) is 0 Å². The van der Waals surface area contributed by atoms with Crippen LogP contribution in [0.3, 0.4) is 0 Å². The summed E-state index contributed by atoms with van der Waals surface area (Å²) in [7, 11) is 0. The maximum atomic E-state index is 12.7. The van der Waals surface area contributed by atoms with E-state index in [0.717, 1.165) is 24.3 Å². The van der Waals surface area contributed by atoms with Crippen LogP contribution in [0, 0.1) is 0 Å². The van der Waals surface area contributed by atoms with Gasteiger partial charge in [-0.2, -0.15) is 26.3 Å². The Bertz CT molecular complexity index is 957. The number of hydrogen-bond donors (Lipinski definition) is 1. The summed E-state index contributed by atoms with van der Waals surface area (Å²) in [5.41, 5.74) is -0.391. The molecule has 0 saturated carbocycles. The molecule has 0 atom stereocenters. The number of rotatable bonds is 5. The van der Waals surface area contributed by atoms with Gasteiger partial charge in [-0.1, -0.05) is 12.1 Å². The second-order valence-electron chi connectivity index (χ2n) is 6.10. The van der Waals surface area contributed by atoms with E-state index in [1.807, 2.05) is 0 Å². The zero-order chi connectivity index (χ0) is 21.2. The van der Waals surface area contributed by atoms with Crippen molar-refractivity contribution < 1.29 is 36.2 Å². The second-order valence-corrected chi connectivity index (χ2v) is 7.24. The molecule has 0 unspecified atom stereocenters. The summed E-state index contributed by atoms with van der Waals surface area (Å²) in [5, 5.41) is 9.53. The average molecular weight is 432 g/mol. The lowest BCUT2D eigenvalue weighted by molar-refractivity contribution is -0.138. The van der Waals surface area contributed by atoms with Crippen molar-refractivity contribution in [1.29, 1.82) is 0 Å². The third-order valence-corrected chi connectivity index (χ3v) is 5.32. The Morgan fingerprint density at radius 2 is 1.31 bits per heavy atom. The van der Waals surface area contributed by atoms with Crippen molar-refractivity contribution in [2.45, 2.75) is 25.6 Å². The molecule has 0 aliphatic carbocycles. The standard InChI is InChI=1S/C20H14F6O2S/c21-19(22,23)14-3-1-12(2-4-14)17-9-13(18(10-27)29-17)11-28-16-7-5-15(6-8-16)20(24,25)26/h1-9,27H,10-11H2. The molecule has 0 fully saturated rings. The monoisotopic (exact) mass is 432 g/mol. The zero-order valence-corrected chi connectivity index (χ0v) is 15.5. The van der Waals surface area contributed by atoms with E-state index in [4.69, 9.17) is 4.74 Å². The van der Waals surface area contributed by atoms with Crippen LogP contribution in [0.15, 0.2) is 54.6 Å². The van der Waals surface area contributed by atoms with Gasteiger partial charge in [0.2, 0.25) is 0 Å². The van der Waals surface area contributed by atoms with E-state index in [9.17, 15) is 31.4 Å². The van der Waals surface area contributed by atoms with Crippen LogP contribution in [0.25, 0.3) is 10.4 Å².